The summed E-state index contributed by atoms with van der Waals surface area (Å²) >= 11 is 0. The molecule has 0 spiro atoms. The quantitative estimate of drug-likeness (QED) is 0.558. The van der Waals surface area contributed by atoms with Crippen molar-refractivity contribution in [1.82, 2.24) is 4.31 Å². The van der Waals surface area contributed by atoms with Crippen LogP contribution in [0.5, 0.6) is 0 Å². The number of hydrogen-bond donors (Lipinski definition) is 1. The van der Waals surface area contributed by atoms with Crippen molar-refractivity contribution in [2.45, 2.75) is 30.1 Å². The molecule has 10 heteroatoms. The third-order valence-corrected chi connectivity index (χ3v) is 7.25. The van der Waals surface area contributed by atoms with Gasteiger partial charge in [-0.05, 0) is 60.0 Å². The van der Waals surface area contributed by atoms with Crippen molar-refractivity contribution < 1.29 is 30.8 Å². The maximum Gasteiger partial charge on any atom is 0.416 e. The molecule has 0 aliphatic carbocycles. The number of amides is 1. The van der Waals surface area contributed by atoms with Gasteiger partial charge in [-0.3, -0.25) is 4.79 Å². The van der Waals surface area contributed by atoms with Crippen molar-refractivity contribution in [2.24, 2.45) is 0 Å². The summed E-state index contributed by atoms with van der Waals surface area (Å²) in [6, 6.07) is 14.1. The van der Waals surface area contributed by atoms with Crippen molar-refractivity contribution in [3.63, 3.8) is 0 Å². The fourth-order valence-electron chi connectivity index (χ4n) is 3.72. The van der Waals surface area contributed by atoms with E-state index >= 15 is 0 Å². The van der Waals surface area contributed by atoms with Crippen LogP contribution in [0.25, 0.3) is 0 Å². The fraction of sp³-hybridized carbons (Fsp3) is 0.174. The molecule has 1 atom stereocenters. The molecule has 1 aliphatic heterocycles. The van der Waals surface area contributed by atoms with E-state index < -0.39 is 39.5 Å². The topological polar surface area (TPSA) is 66.5 Å². The third-order valence-electron chi connectivity index (χ3n) is 5.39. The predicted molar refractivity (Wildman–Crippen MR) is 113 cm³/mol. The molecule has 5 nitrogen and oxygen atoms in total. The Kier molecular flexibility index (Phi) is 5.98. The highest BCUT2D eigenvalue weighted by Crippen LogP contribution is 2.32. The number of nitrogens with one attached hydrogen (secondary N) is 1. The molecular formula is C23H18F4N2O3S. The van der Waals surface area contributed by atoms with Crippen LogP contribution in [0.15, 0.2) is 77.7 Å². The number of fused-ring (bicyclic) bond motifs is 1. The number of halogens is 4. The molecule has 3 aromatic rings. The molecule has 172 valence electrons. The van der Waals surface area contributed by atoms with Crippen LogP contribution in [0.2, 0.25) is 0 Å². The standard InChI is InChI=1S/C23H18F4N2O3S/c24-18-8-10-20(11-9-18)33(31,32)29-14-16-5-2-1-4-15(16)12-21(29)22(30)28-19-7-3-6-17(13-19)23(25,26)27/h1-11,13,21H,12,14H2,(H,28,30). The van der Waals surface area contributed by atoms with Gasteiger partial charge in [0, 0.05) is 12.2 Å². The molecule has 4 rings (SSSR count). The number of hydrogen-bond acceptors (Lipinski definition) is 3. The second-order valence-electron chi connectivity index (χ2n) is 7.56. The van der Waals surface area contributed by atoms with E-state index in [2.05, 4.69) is 5.32 Å². The summed E-state index contributed by atoms with van der Waals surface area (Å²) in [6.07, 6.45) is -4.57. The SMILES string of the molecule is O=C(Nc1cccc(C(F)(F)F)c1)C1Cc2ccccc2CN1S(=O)(=O)c1ccc(F)cc1. The van der Waals surface area contributed by atoms with E-state index in [1.54, 1.807) is 24.3 Å². The van der Waals surface area contributed by atoms with Gasteiger partial charge in [0.25, 0.3) is 0 Å². The van der Waals surface area contributed by atoms with Crippen molar-refractivity contribution in [3.8, 4) is 0 Å². The van der Waals surface area contributed by atoms with Crippen molar-refractivity contribution >= 4 is 21.6 Å². The Labute approximate surface area is 187 Å². The lowest BCUT2D eigenvalue weighted by molar-refractivity contribution is -0.137. The monoisotopic (exact) mass is 478 g/mol. The van der Waals surface area contributed by atoms with Crippen molar-refractivity contribution in [1.29, 1.82) is 0 Å². The molecule has 0 radical (unpaired) electrons. The summed E-state index contributed by atoms with van der Waals surface area (Å²) in [5.74, 6) is -1.38. The van der Waals surface area contributed by atoms with Gasteiger partial charge in [-0.2, -0.15) is 17.5 Å². The van der Waals surface area contributed by atoms with Crippen LogP contribution < -0.4 is 5.32 Å². The van der Waals surface area contributed by atoms with Gasteiger partial charge in [-0.1, -0.05) is 30.3 Å². The van der Waals surface area contributed by atoms with Gasteiger partial charge in [0.2, 0.25) is 15.9 Å². The minimum Gasteiger partial charge on any atom is -0.325 e. The minimum absolute atomic E-state index is 0.0292. The van der Waals surface area contributed by atoms with Crippen LogP contribution in [0, 0.1) is 5.82 Å². The van der Waals surface area contributed by atoms with E-state index in [0.29, 0.717) is 5.56 Å². The molecule has 0 saturated heterocycles. The van der Waals surface area contributed by atoms with Crippen LogP contribution in [0.4, 0.5) is 23.2 Å². The molecule has 1 heterocycles. The second kappa shape index (κ2) is 8.60. The highest BCUT2D eigenvalue weighted by Gasteiger charge is 2.40. The van der Waals surface area contributed by atoms with Gasteiger partial charge in [0.15, 0.2) is 0 Å². The summed E-state index contributed by atoms with van der Waals surface area (Å²) in [5, 5.41) is 2.41. The first-order chi connectivity index (χ1) is 15.6. The van der Waals surface area contributed by atoms with Gasteiger partial charge in [0.05, 0.1) is 10.5 Å². The lowest BCUT2D eigenvalue weighted by Crippen LogP contribution is -2.50. The molecule has 0 bridgehead atoms. The van der Waals surface area contributed by atoms with Crippen LogP contribution in [0.1, 0.15) is 16.7 Å². The largest absolute Gasteiger partial charge is 0.416 e. The van der Waals surface area contributed by atoms with E-state index in [0.717, 1.165) is 52.3 Å². The van der Waals surface area contributed by atoms with Gasteiger partial charge >= 0.3 is 6.18 Å². The van der Waals surface area contributed by atoms with E-state index in [9.17, 15) is 30.8 Å². The summed E-state index contributed by atoms with van der Waals surface area (Å²) in [7, 11) is -4.21. The Bertz CT molecular complexity index is 1290. The number of carbonyl (C=O) groups is 1. The number of anilines is 1. The smallest absolute Gasteiger partial charge is 0.325 e. The zero-order valence-electron chi connectivity index (χ0n) is 17.0. The molecule has 3 aromatic carbocycles. The summed E-state index contributed by atoms with van der Waals surface area (Å²) < 4.78 is 80.1. The molecule has 1 unspecified atom stereocenters. The maximum absolute atomic E-state index is 13.3. The first-order valence-corrected chi connectivity index (χ1v) is 11.3. The Balaban J connectivity index is 1.69. The normalized spacial score (nSPS) is 16.8. The molecule has 0 aromatic heterocycles. The maximum atomic E-state index is 13.3. The van der Waals surface area contributed by atoms with E-state index in [1.807, 2.05) is 0 Å². The van der Waals surface area contributed by atoms with Gasteiger partial charge < -0.3 is 5.32 Å². The van der Waals surface area contributed by atoms with Crippen LogP contribution in [-0.2, 0) is 34.0 Å². The zero-order valence-corrected chi connectivity index (χ0v) is 17.8. The molecule has 0 fully saturated rings. The minimum atomic E-state index is -4.59. The number of carbonyl (C=O) groups excluding carboxylic acids is 1. The number of benzene rings is 3. The van der Waals surface area contributed by atoms with Gasteiger partial charge in [-0.25, -0.2) is 12.8 Å². The van der Waals surface area contributed by atoms with E-state index in [1.165, 1.54) is 6.07 Å². The predicted octanol–water partition coefficient (Wildman–Crippen LogP) is 4.60. The third kappa shape index (κ3) is 4.76. The molecule has 1 aliphatic rings. The molecule has 0 saturated carbocycles. The fourth-order valence-corrected chi connectivity index (χ4v) is 5.28. The lowest BCUT2D eigenvalue weighted by atomic mass is 9.95. The number of rotatable bonds is 4. The molecule has 1 N–H and O–H groups in total. The number of sulfonamides is 1. The summed E-state index contributed by atoms with van der Waals surface area (Å²) in [5.41, 5.74) is 0.413. The zero-order chi connectivity index (χ0) is 23.8. The molecule has 1 amide bonds. The number of alkyl halides is 3. The molecule has 33 heavy (non-hydrogen) atoms. The molecular weight excluding hydrogens is 460 g/mol. The van der Waals surface area contributed by atoms with Crippen LogP contribution in [-0.4, -0.2) is 24.7 Å². The highest BCUT2D eigenvalue weighted by molar-refractivity contribution is 7.89. The average molecular weight is 478 g/mol. The Hall–Kier alpha value is -3.24. The van der Waals surface area contributed by atoms with Gasteiger partial charge in [0.1, 0.15) is 11.9 Å². The lowest BCUT2D eigenvalue weighted by Gasteiger charge is -2.35. The summed E-state index contributed by atoms with van der Waals surface area (Å²) in [6.45, 7) is -0.115. The first kappa shape index (κ1) is 22.9. The average Bonchev–Trinajstić information content (AvgIpc) is 2.78. The van der Waals surface area contributed by atoms with Crippen molar-refractivity contribution in [2.75, 3.05) is 5.32 Å². The van der Waals surface area contributed by atoms with Gasteiger partial charge in [-0.15, -0.1) is 0 Å². The first-order valence-electron chi connectivity index (χ1n) is 9.88. The van der Waals surface area contributed by atoms with Crippen LogP contribution >= 0.6 is 0 Å². The highest BCUT2D eigenvalue weighted by atomic mass is 32.2. The van der Waals surface area contributed by atoms with Crippen molar-refractivity contribution in [3.05, 3.63) is 95.3 Å². The Morgan fingerprint density at radius 3 is 2.27 bits per heavy atom. The van der Waals surface area contributed by atoms with E-state index in [-0.39, 0.29) is 23.5 Å². The second-order valence-corrected chi connectivity index (χ2v) is 9.45. The number of nitrogens with zero attached hydrogens (tertiary/aromatic N) is 1. The van der Waals surface area contributed by atoms with Crippen LogP contribution in [0.3, 0.4) is 0 Å². The Morgan fingerprint density at radius 2 is 1.61 bits per heavy atom. The Morgan fingerprint density at radius 1 is 0.939 bits per heavy atom. The van der Waals surface area contributed by atoms with E-state index in [4.69, 9.17) is 0 Å². The summed E-state index contributed by atoms with van der Waals surface area (Å²) in [4.78, 5) is 12.9.